The maximum atomic E-state index is 12.8. The van der Waals surface area contributed by atoms with Crippen molar-refractivity contribution in [2.24, 2.45) is 0 Å². The van der Waals surface area contributed by atoms with E-state index in [9.17, 15) is 14.4 Å². The molecule has 0 saturated heterocycles. The molecule has 7 heteroatoms. The third-order valence-electron chi connectivity index (χ3n) is 5.07. The lowest BCUT2D eigenvalue weighted by Crippen LogP contribution is -2.52. The van der Waals surface area contributed by atoms with Crippen LogP contribution in [-0.2, 0) is 14.3 Å². The predicted octanol–water partition coefficient (Wildman–Crippen LogP) is 2.89. The second kappa shape index (κ2) is 11.6. The fourth-order valence-corrected chi connectivity index (χ4v) is 3.40. The van der Waals surface area contributed by atoms with E-state index in [2.05, 4.69) is 15.6 Å². The van der Waals surface area contributed by atoms with Gasteiger partial charge in [0, 0.05) is 18.3 Å². The number of carbonyl (C=O) groups is 3. The second-order valence-corrected chi connectivity index (χ2v) is 7.46. The lowest BCUT2D eigenvalue weighted by atomic mass is 9.95. The molecule has 1 aromatic heterocycles. The molecule has 1 aliphatic rings. The molecule has 2 N–H and O–H groups in total. The summed E-state index contributed by atoms with van der Waals surface area (Å²) in [5, 5.41) is 5.62. The van der Waals surface area contributed by atoms with Crippen molar-refractivity contribution in [2.75, 3.05) is 6.61 Å². The first-order valence-corrected chi connectivity index (χ1v) is 10.5. The Morgan fingerprint density at radius 3 is 2.48 bits per heavy atom. The average Bonchev–Trinajstić information content (AvgIpc) is 2.82. The molecule has 1 saturated carbocycles. The van der Waals surface area contributed by atoms with Crippen LogP contribution in [-0.4, -0.2) is 41.5 Å². The SMILES string of the molecule is O=C(/C=C/c1ccccc1)N[C@@H](COC(=O)c1ccccn1)C(=O)NC1CCCCC1. The standard InChI is InChI=1S/C24H27N3O4/c28-22(15-14-18-9-3-1-4-10-18)27-21(23(29)26-19-11-5-2-6-12-19)17-31-24(30)20-13-7-8-16-25-20/h1,3-4,7-10,13-16,19,21H,2,5-6,11-12,17H2,(H,26,29)(H,27,28)/b15-14+/t21-/m0/s1. The number of carbonyl (C=O) groups excluding carboxylic acids is 3. The van der Waals surface area contributed by atoms with Crippen LogP contribution >= 0.6 is 0 Å². The van der Waals surface area contributed by atoms with Crippen LogP contribution in [0.3, 0.4) is 0 Å². The molecule has 1 fully saturated rings. The summed E-state index contributed by atoms with van der Waals surface area (Å²) in [6.07, 6.45) is 9.62. The van der Waals surface area contributed by atoms with Crippen molar-refractivity contribution in [3.05, 3.63) is 72.1 Å². The van der Waals surface area contributed by atoms with Gasteiger partial charge in [0.15, 0.2) is 0 Å². The lowest BCUT2D eigenvalue weighted by Gasteiger charge is -2.25. The molecule has 0 spiro atoms. The minimum Gasteiger partial charge on any atom is -0.458 e. The molecular formula is C24H27N3O4. The Labute approximate surface area is 181 Å². The van der Waals surface area contributed by atoms with Crippen molar-refractivity contribution < 1.29 is 19.1 Å². The van der Waals surface area contributed by atoms with Gasteiger partial charge in [0.1, 0.15) is 18.3 Å². The van der Waals surface area contributed by atoms with E-state index < -0.39 is 17.9 Å². The largest absolute Gasteiger partial charge is 0.458 e. The minimum absolute atomic E-state index is 0.0759. The lowest BCUT2D eigenvalue weighted by molar-refractivity contribution is -0.128. The van der Waals surface area contributed by atoms with Gasteiger partial charge < -0.3 is 15.4 Å². The third kappa shape index (κ3) is 7.37. The number of amides is 2. The van der Waals surface area contributed by atoms with Gasteiger partial charge in [-0.15, -0.1) is 0 Å². The monoisotopic (exact) mass is 421 g/mol. The number of benzene rings is 1. The van der Waals surface area contributed by atoms with Crippen LogP contribution in [0, 0.1) is 0 Å². The van der Waals surface area contributed by atoms with E-state index in [1.54, 1.807) is 18.2 Å². The van der Waals surface area contributed by atoms with Gasteiger partial charge in [0.25, 0.3) is 0 Å². The Bertz CT molecular complexity index is 894. The number of esters is 1. The Morgan fingerprint density at radius 2 is 1.77 bits per heavy atom. The number of pyridine rings is 1. The van der Waals surface area contributed by atoms with E-state index >= 15 is 0 Å². The Balaban J connectivity index is 1.62. The highest BCUT2D eigenvalue weighted by atomic mass is 16.5. The van der Waals surface area contributed by atoms with E-state index in [4.69, 9.17) is 4.74 Å². The zero-order valence-electron chi connectivity index (χ0n) is 17.3. The highest BCUT2D eigenvalue weighted by Crippen LogP contribution is 2.17. The van der Waals surface area contributed by atoms with Gasteiger partial charge in [-0.05, 0) is 36.6 Å². The summed E-state index contributed by atoms with van der Waals surface area (Å²) < 4.78 is 5.26. The summed E-state index contributed by atoms with van der Waals surface area (Å²) in [5.74, 6) is -1.45. The molecule has 0 bridgehead atoms. The highest BCUT2D eigenvalue weighted by Gasteiger charge is 2.25. The quantitative estimate of drug-likeness (QED) is 0.505. The average molecular weight is 421 g/mol. The Hall–Kier alpha value is -3.48. The summed E-state index contributed by atoms with van der Waals surface area (Å²) in [5.41, 5.74) is 1.01. The number of hydrogen-bond donors (Lipinski definition) is 2. The molecule has 2 aromatic rings. The highest BCUT2D eigenvalue weighted by molar-refractivity contribution is 5.96. The molecule has 162 valence electrons. The first kappa shape index (κ1) is 22.2. The van der Waals surface area contributed by atoms with Crippen molar-refractivity contribution in [3.63, 3.8) is 0 Å². The number of nitrogens with zero attached hydrogens (tertiary/aromatic N) is 1. The molecule has 7 nitrogen and oxygen atoms in total. The number of ether oxygens (including phenoxy) is 1. The van der Waals surface area contributed by atoms with Gasteiger partial charge in [0.2, 0.25) is 11.8 Å². The normalized spacial score (nSPS) is 15.2. The maximum Gasteiger partial charge on any atom is 0.357 e. The molecule has 0 unspecified atom stereocenters. The maximum absolute atomic E-state index is 12.8. The van der Waals surface area contributed by atoms with Crippen LogP contribution in [0.4, 0.5) is 0 Å². The van der Waals surface area contributed by atoms with Crippen molar-refractivity contribution in [1.29, 1.82) is 0 Å². The number of aromatic nitrogens is 1. The molecule has 2 amide bonds. The third-order valence-corrected chi connectivity index (χ3v) is 5.07. The van der Waals surface area contributed by atoms with Gasteiger partial charge in [-0.2, -0.15) is 0 Å². The fraction of sp³-hybridized carbons (Fsp3) is 0.333. The number of hydrogen-bond acceptors (Lipinski definition) is 5. The van der Waals surface area contributed by atoms with Gasteiger partial charge in [-0.1, -0.05) is 55.7 Å². The smallest absolute Gasteiger partial charge is 0.357 e. The molecule has 3 rings (SSSR count). The molecule has 0 radical (unpaired) electrons. The van der Waals surface area contributed by atoms with Crippen molar-refractivity contribution >= 4 is 23.9 Å². The fourth-order valence-electron chi connectivity index (χ4n) is 3.40. The van der Waals surface area contributed by atoms with Gasteiger partial charge >= 0.3 is 5.97 Å². The molecule has 1 aromatic carbocycles. The van der Waals surface area contributed by atoms with E-state index in [1.165, 1.54) is 24.8 Å². The topological polar surface area (TPSA) is 97.4 Å². The number of nitrogens with one attached hydrogen (secondary N) is 2. The van der Waals surface area contributed by atoms with E-state index in [0.29, 0.717) is 0 Å². The van der Waals surface area contributed by atoms with E-state index in [0.717, 1.165) is 31.2 Å². The van der Waals surface area contributed by atoms with Crippen LogP contribution in [0.1, 0.15) is 48.2 Å². The second-order valence-electron chi connectivity index (χ2n) is 7.46. The molecule has 1 heterocycles. The summed E-state index contributed by atoms with van der Waals surface area (Å²) in [7, 11) is 0. The van der Waals surface area contributed by atoms with Gasteiger partial charge in [-0.25, -0.2) is 9.78 Å². The van der Waals surface area contributed by atoms with Crippen LogP contribution < -0.4 is 10.6 Å². The van der Waals surface area contributed by atoms with E-state index in [-0.39, 0.29) is 24.2 Å². The Morgan fingerprint density at radius 1 is 1.03 bits per heavy atom. The summed E-state index contributed by atoms with van der Waals surface area (Å²) >= 11 is 0. The van der Waals surface area contributed by atoms with Crippen molar-refractivity contribution in [1.82, 2.24) is 15.6 Å². The van der Waals surface area contributed by atoms with Gasteiger partial charge in [-0.3, -0.25) is 9.59 Å². The molecular weight excluding hydrogens is 394 g/mol. The van der Waals surface area contributed by atoms with Crippen molar-refractivity contribution in [3.8, 4) is 0 Å². The van der Waals surface area contributed by atoms with Crippen LogP contribution in [0.25, 0.3) is 6.08 Å². The van der Waals surface area contributed by atoms with E-state index in [1.807, 2.05) is 30.3 Å². The zero-order valence-corrected chi connectivity index (χ0v) is 17.3. The molecule has 31 heavy (non-hydrogen) atoms. The summed E-state index contributed by atoms with van der Waals surface area (Å²) in [6, 6.07) is 13.3. The molecule has 0 aliphatic heterocycles. The first-order valence-electron chi connectivity index (χ1n) is 10.5. The first-order chi connectivity index (χ1) is 15.1. The van der Waals surface area contributed by atoms with Crippen molar-refractivity contribution in [2.45, 2.75) is 44.2 Å². The summed E-state index contributed by atoms with van der Waals surface area (Å²) in [6.45, 7) is -0.279. The minimum atomic E-state index is -0.998. The van der Waals surface area contributed by atoms with Crippen LogP contribution in [0.15, 0.2) is 60.8 Å². The zero-order chi connectivity index (χ0) is 21.9. The Kier molecular flexibility index (Phi) is 8.34. The predicted molar refractivity (Wildman–Crippen MR) is 117 cm³/mol. The molecule has 1 atom stereocenters. The van der Waals surface area contributed by atoms with Gasteiger partial charge in [0.05, 0.1) is 0 Å². The summed E-state index contributed by atoms with van der Waals surface area (Å²) in [4.78, 5) is 41.4. The molecule has 1 aliphatic carbocycles. The number of rotatable bonds is 8. The van der Waals surface area contributed by atoms with Crippen LogP contribution in [0.2, 0.25) is 0 Å². The van der Waals surface area contributed by atoms with Crippen LogP contribution in [0.5, 0.6) is 0 Å².